The molecule has 0 aromatic heterocycles. The maximum absolute atomic E-state index is 13.1. The number of amides is 1. The lowest BCUT2D eigenvalue weighted by Crippen LogP contribution is -2.60. The maximum Gasteiger partial charge on any atom is 0.220 e. The normalized spacial score (nSPS) is 18.7. The third-order valence-corrected chi connectivity index (χ3v) is 16.9. The van der Waals surface area contributed by atoms with Crippen molar-refractivity contribution < 1.29 is 39.8 Å². The first-order valence-electron chi connectivity index (χ1n) is 34.4. The summed E-state index contributed by atoms with van der Waals surface area (Å²) in [7, 11) is 0. The van der Waals surface area contributed by atoms with E-state index in [1.54, 1.807) is 6.08 Å². The number of ether oxygens (including phenoxy) is 2. The quantitative estimate of drug-likeness (QED) is 0.0261. The van der Waals surface area contributed by atoms with E-state index >= 15 is 0 Å². The minimum absolute atomic E-state index is 0.168. The zero-order valence-corrected chi connectivity index (χ0v) is 51.3. The number of hydrogen-bond acceptors (Lipinski definition) is 8. The van der Waals surface area contributed by atoms with Gasteiger partial charge in [-0.3, -0.25) is 4.79 Å². The van der Waals surface area contributed by atoms with Crippen LogP contribution in [-0.4, -0.2) is 87.5 Å². The van der Waals surface area contributed by atoms with E-state index in [0.29, 0.717) is 6.42 Å². The molecule has 0 aliphatic carbocycles. The molecule has 9 heteroatoms. The Kier molecular flexibility index (Phi) is 55.8. The van der Waals surface area contributed by atoms with E-state index < -0.39 is 49.5 Å². The fourth-order valence-corrected chi connectivity index (χ4v) is 11.5. The van der Waals surface area contributed by atoms with Gasteiger partial charge in [-0.1, -0.05) is 347 Å². The molecule has 0 saturated carbocycles. The Balaban J connectivity index is 2.11. The molecule has 0 aromatic carbocycles. The number of carbonyl (C=O) groups is 1. The summed E-state index contributed by atoms with van der Waals surface area (Å²) in [5, 5.41) is 54.7. The molecule has 0 spiro atoms. The fraction of sp³-hybridized carbons (Fsp3) is 0.956. The zero-order chi connectivity index (χ0) is 55.8. The smallest absolute Gasteiger partial charge is 0.220 e. The third kappa shape index (κ3) is 47.2. The topological polar surface area (TPSA) is 149 Å². The van der Waals surface area contributed by atoms with E-state index in [0.717, 1.165) is 38.5 Å². The van der Waals surface area contributed by atoms with E-state index in [2.05, 4.69) is 19.2 Å². The van der Waals surface area contributed by atoms with Crippen molar-refractivity contribution in [1.82, 2.24) is 5.32 Å². The second-order valence-electron chi connectivity index (χ2n) is 24.3. The Labute approximate surface area is 477 Å². The Hall–Kier alpha value is -1.07. The van der Waals surface area contributed by atoms with Gasteiger partial charge < -0.3 is 40.3 Å². The van der Waals surface area contributed by atoms with Gasteiger partial charge in [0.15, 0.2) is 6.29 Å². The van der Waals surface area contributed by atoms with Crippen molar-refractivity contribution in [2.45, 2.75) is 403 Å². The van der Waals surface area contributed by atoms with Crippen LogP contribution < -0.4 is 5.32 Å². The van der Waals surface area contributed by atoms with E-state index in [-0.39, 0.29) is 12.5 Å². The van der Waals surface area contributed by atoms with E-state index in [1.165, 1.54) is 302 Å². The van der Waals surface area contributed by atoms with Crippen molar-refractivity contribution in [3.8, 4) is 0 Å². The van der Waals surface area contributed by atoms with Crippen molar-refractivity contribution in [3.63, 3.8) is 0 Å². The first-order valence-corrected chi connectivity index (χ1v) is 34.4. The van der Waals surface area contributed by atoms with Crippen LogP contribution in [0.2, 0.25) is 0 Å². The Bertz CT molecular complexity index is 1220. The Morgan fingerprint density at radius 3 is 1.01 bits per heavy atom. The zero-order valence-electron chi connectivity index (χ0n) is 51.3. The van der Waals surface area contributed by atoms with Crippen molar-refractivity contribution in [1.29, 1.82) is 0 Å². The van der Waals surface area contributed by atoms with Crippen LogP contribution in [0.25, 0.3) is 0 Å². The predicted molar refractivity (Wildman–Crippen MR) is 327 cm³/mol. The van der Waals surface area contributed by atoms with Crippen LogP contribution in [-0.2, 0) is 14.3 Å². The summed E-state index contributed by atoms with van der Waals surface area (Å²) in [6.45, 7) is 3.84. The molecule has 1 aliphatic heterocycles. The molecule has 77 heavy (non-hydrogen) atoms. The number of unbranched alkanes of at least 4 members (excludes halogenated alkanes) is 51. The average molecular weight is 1090 g/mol. The molecule has 1 heterocycles. The van der Waals surface area contributed by atoms with Crippen LogP contribution in [0, 0.1) is 0 Å². The predicted octanol–water partition coefficient (Wildman–Crippen LogP) is 18.3. The van der Waals surface area contributed by atoms with Gasteiger partial charge in [-0.05, 0) is 19.3 Å². The molecule has 9 nitrogen and oxygen atoms in total. The Morgan fingerprint density at radius 1 is 0.429 bits per heavy atom. The minimum Gasteiger partial charge on any atom is -0.394 e. The molecule has 1 fully saturated rings. The molecule has 1 amide bonds. The highest BCUT2D eigenvalue weighted by atomic mass is 16.7. The molecule has 7 atom stereocenters. The van der Waals surface area contributed by atoms with E-state index in [9.17, 15) is 30.3 Å². The summed E-state index contributed by atoms with van der Waals surface area (Å²) >= 11 is 0. The number of rotatable bonds is 61. The number of hydrogen-bond donors (Lipinski definition) is 6. The molecular formula is C68H133NO8. The standard InChI is InChI=1S/C68H133NO8/c1-3-5-7-9-11-13-15-17-19-21-23-25-26-27-28-29-30-31-32-33-34-35-36-38-39-41-43-45-47-49-51-53-55-57-62(71)61(60-76-68-67(75)66(74)65(73)63(59-70)77-68)69-64(72)58-56-54-52-50-48-46-44-42-40-37-24-22-20-18-16-14-12-10-8-6-4-2/h55,57,61-63,65-68,70-71,73-75H,3-54,56,58-60H2,1-2H3,(H,69,72)/b57-55+. The van der Waals surface area contributed by atoms with Crippen molar-refractivity contribution >= 4 is 5.91 Å². The van der Waals surface area contributed by atoms with E-state index in [1.807, 2.05) is 6.08 Å². The number of aliphatic hydroxyl groups excluding tert-OH is 5. The SMILES string of the molecule is CCCCCCCCCCCCCCCCCCCCCCCCCCCCCCCCC/C=C/C(O)C(COC1OC(CO)C(O)C(O)C1O)NC(=O)CCCCCCCCCCCCCCCCCCCCCCC. The third-order valence-electron chi connectivity index (χ3n) is 16.9. The van der Waals surface area contributed by atoms with Crippen LogP contribution in [0.3, 0.4) is 0 Å². The number of aliphatic hydroxyl groups is 5. The summed E-state index contributed by atoms with van der Waals surface area (Å²) in [6.07, 6.45) is 67.5. The van der Waals surface area contributed by atoms with Crippen molar-refractivity contribution in [3.05, 3.63) is 12.2 Å². The van der Waals surface area contributed by atoms with Gasteiger partial charge in [-0.15, -0.1) is 0 Å². The van der Waals surface area contributed by atoms with Gasteiger partial charge in [0, 0.05) is 6.42 Å². The van der Waals surface area contributed by atoms with Crippen molar-refractivity contribution in [2.24, 2.45) is 0 Å². The monoisotopic (exact) mass is 1090 g/mol. The number of nitrogens with one attached hydrogen (secondary N) is 1. The molecule has 0 aromatic rings. The lowest BCUT2D eigenvalue weighted by Gasteiger charge is -2.40. The maximum atomic E-state index is 13.1. The largest absolute Gasteiger partial charge is 0.394 e. The molecule has 1 saturated heterocycles. The summed E-state index contributed by atoms with van der Waals surface area (Å²) < 4.78 is 11.3. The van der Waals surface area contributed by atoms with Crippen LogP contribution in [0.5, 0.6) is 0 Å². The highest BCUT2D eigenvalue weighted by Crippen LogP contribution is 2.24. The van der Waals surface area contributed by atoms with Gasteiger partial charge in [0.05, 0.1) is 25.4 Å². The van der Waals surface area contributed by atoms with E-state index in [4.69, 9.17) is 9.47 Å². The fourth-order valence-electron chi connectivity index (χ4n) is 11.5. The van der Waals surface area contributed by atoms with Gasteiger partial charge >= 0.3 is 0 Å². The highest BCUT2D eigenvalue weighted by molar-refractivity contribution is 5.76. The number of carbonyl (C=O) groups excluding carboxylic acids is 1. The summed E-state index contributed by atoms with van der Waals surface area (Å²) in [4.78, 5) is 13.1. The molecule has 1 aliphatic rings. The molecule has 7 unspecified atom stereocenters. The van der Waals surface area contributed by atoms with Gasteiger partial charge in [-0.25, -0.2) is 0 Å². The molecule has 0 radical (unpaired) electrons. The van der Waals surface area contributed by atoms with Crippen LogP contribution in [0.15, 0.2) is 12.2 Å². The van der Waals surface area contributed by atoms with Gasteiger partial charge in [0.2, 0.25) is 5.91 Å². The minimum atomic E-state index is -1.56. The van der Waals surface area contributed by atoms with Crippen LogP contribution >= 0.6 is 0 Å². The average Bonchev–Trinajstić information content (AvgIpc) is 3.43. The van der Waals surface area contributed by atoms with Gasteiger partial charge in [0.25, 0.3) is 0 Å². The second kappa shape index (κ2) is 58.1. The van der Waals surface area contributed by atoms with Gasteiger partial charge in [0.1, 0.15) is 24.4 Å². The lowest BCUT2D eigenvalue weighted by molar-refractivity contribution is -0.302. The first-order chi connectivity index (χ1) is 37.8. The molecule has 6 N–H and O–H groups in total. The highest BCUT2D eigenvalue weighted by Gasteiger charge is 2.44. The van der Waals surface area contributed by atoms with Crippen LogP contribution in [0.1, 0.15) is 361 Å². The van der Waals surface area contributed by atoms with Crippen molar-refractivity contribution in [2.75, 3.05) is 13.2 Å². The first kappa shape index (κ1) is 73.9. The Morgan fingerprint density at radius 2 is 0.714 bits per heavy atom. The lowest BCUT2D eigenvalue weighted by atomic mass is 9.99. The second-order valence-corrected chi connectivity index (χ2v) is 24.3. The number of allylic oxidation sites excluding steroid dienone is 1. The summed E-state index contributed by atoms with van der Waals surface area (Å²) in [6, 6.07) is -0.802. The molecule has 1 rings (SSSR count). The van der Waals surface area contributed by atoms with Gasteiger partial charge in [-0.2, -0.15) is 0 Å². The van der Waals surface area contributed by atoms with Crippen LogP contribution in [0.4, 0.5) is 0 Å². The summed E-state index contributed by atoms with van der Waals surface area (Å²) in [5.41, 5.74) is 0. The summed E-state index contributed by atoms with van der Waals surface area (Å²) in [5.74, 6) is -0.168. The molecule has 0 bridgehead atoms. The molecular weight excluding hydrogens is 959 g/mol. The molecule has 458 valence electrons.